The van der Waals surface area contributed by atoms with Crippen molar-refractivity contribution in [2.24, 2.45) is 10.8 Å². The molecule has 0 amide bonds. The van der Waals surface area contributed by atoms with E-state index in [1.165, 1.54) is 25.7 Å². The number of hydrogen-bond donors (Lipinski definition) is 1. The molecule has 2 atom stereocenters. The zero-order valence-electron chi connectivity index (χ0n) is 13.4. The summed E-state index contributed by atoms with van der Waals surface area (Å²) in [6, 6.07) is 10.9. The Morgan fingerprint density at radius 1 is 1.19 bits per heavy atom. The third kappa shape index (κ3) is 3.23. The standard InChI is InChI=1S/C18H26N2S/c1-17(2)11-15-12-18(3,13-17)9-10-20(15)16(21)19-14-7-5-4-6-8-14/h4-8,15H,9-13H2,1-3H3,(H,19,21)/t15-,18-/m0/s1. The van der Waals surface area contributed by atoms with E-state index in [2.05, 4.69) is 43.1 Å². The van der Waals surface area contributed by atoms with Crippen molar-refractivity contribution in [2.45, 2.75) is 52.5 Å². The van der Waals surface area contributed by atoms with Gasteiger partial charge in [-0.1, -0.05) is 39.0 Å². The van der Waals surface area contributed by atoms with Gasteiger partial charge in [0, 0.05) is 18.3 Å². The molecule has 2 aliphatic rings. The molecule has 0 unspecified atom stereocenters. The molecule has 1 saturated heterocycles. The van der Waals surface area contributed by atoms with Gasteiger partial charge in [-0.15, -0.1) is 0 Å². The maximum atomic E-state index is 5.69. The fourth-order valence-electron chi connectivity index (χ4n) is 4.55. The number of rotatable bonds is 1. The van der Waals surface area contributed by atoms with Gasteiger partial charge in [-0.25, -0.2) is 0 Å². The molecular weight excluding hydrogens is 276 g/mol. The first-order chi connectivity index (χ1) is 9.87. The van der Waals surface area contributed by atoms with Crippen molar-refractivity contribution in [1.29, 1.82) is 0 Å². The summed E-state index contributed by atoms with van der Waals surface area (Å²) in [6.07, 6.45) is 5.14. The number of likely N-dealkylation sites (tertiary alicyclic amines) is 1. The van der Waals surface area contributed by atoms with Gasteiger partial charge in [0.25, 0.3) is 0 Å². The van der Waals surface area contributed by atoms with Gasteiger partial charge in [-0.05, 0) is 60.9 Å². The second kappa shape index (κ2) is 5.28. The number of para-hydroxylation sites is 1. The minimum Gasteiger partial charge on any atom is -0.346 e. The third-order valence-electron chi connectivity index (χ3n) is 5.10. The smallest absolute Gasteiger partial charge is 0.173 e. The van der Waals surface area contributed by atoms with Crippen LogP contribution in [0.5, 0.6) is 0 Å². The Bertz CT molecular complexity index is 523. The van der Waals surface area contributed by atoms with Gasteiger partial charge in [0.05, 0.1) is 0 Å². The van der Waals surface area contributed by atoms with Gasteiger partial charge < -0.3 is 10.2 Å². The van der Waals surface area contributed by atoms with Crippen molar-refractivity contribution in [3.05, 3.63) is 30.3 Å². The van der Waals surface area contributed by atoms with E-state index in [-0.39, 0.29) is 0 Å². The van der Waals surface area contributed by atoms with Crippen LogP contribution in [0.2, 0.25) is 0 Å². The largest absolute Gasteiger partial charge is 0.346 e. The number of piperidine rings is 1. The highest BCUT2D eigenvalue weighted by Gasteiger charge is 2.46. The molecule has 2 bridgehead atoms. The Hall–Kier alpha value is -1.09. The molecule has 1 aromatic carbocycles. The van der Waals surface area contributed by atoms with Crippen LogP contribution in [0.25, 0.3) is 0 Å². The molecular formula is C18H26N2S. The Labute approximate surface area is 133 Å². The normalized spacial score (nSPS) is 30.8. The van der Waals surface area contributed by atoms with Crippen molar-refractivity contribution >= 4 is 23.0 Å². The Morgan fingerprint density at radius 3 is 2.62 bits per heavy atom. The molecule has 1 heterocycles. The van der Waals surface area contributed by atoms with E-state index in [4.69, 9.17) is 12.2 Å². The lowest BCUT2D eigenvalue weighted by atomic mass is 9.59. The maximum Gasteiger partial charge on any atom is 0.173 e. The molecule has 0 spiro atoms. The molecule has 0 radical (unpaired) electrons. The predicted molar refractivity (Wildman–Crippen MR) is 93.5 cm³/mol. The fraction of sp³-hybridized carbons (Fsp3) is 0.611. The molecule has 3 heteroatoms. The lowest BCUT2D eigenvalue weighted by Gasteiger charge is -2.55. The van der Waals surface area contributed by atoms with Crippen LogP contribution in [0.3, 0.4) is 0 Å². The number of hydrogen-bond acceptors (Lipinski definition) is 1. The quantitative estimate of drug-likeness (QED) is 0.759. The Morgan fingerprint density at radius 2 is 1.90 bits per heavy atom. The summed E-state index contributed by atoms with van der Waals surface area (Å²) in [4.78, 5) is 2.44. The van der Waals surface area contributed by atoms with Crippen LogP contribution in [-0.2, 0) is 0 Å². The van der Waals surface area contributed by atoms with Crippen molar-refractivity contribution < 1.29 is 0 Å². The highest BCUT2D eigenvalue weighted by molar-refractivity contribution is 7.80. The van der Waals surface area contributed by atoms with Gasteiger partial charge in [-0.2, -0.15) is 0 Å². The zero-order chi connectivity index (χ0) is 15.1. The van der Waals surface area contributed by atoms with Crippen LogP contribution in [0, 0.1) is 10.8 Å². The summed E-state index contributed by atoms with van der Waals surface area (Å²) < 4.78 is 0. The summed E-state index contributed by atoms with van der Waals surface area (Å²) in [5.74, 6) is 0. The second-order valence-electron chi connectivity index (χ2n) is 7.95. The third-order valence-corrected chi connectivity index (χ3v) is 5.44. The van der Waals surface area contributed by atoms with Crippen molar-refractivity contribution in [2.75, 3.05) is 11.9 Å². The topological polar surface area (TPSA) is 15.3 Å². The van der Waals surface area contributed by atoms with Crippen LogP contribution in [0.1, 0.15) is 46.5 Å². The molecule has 114 valence electrons. The van der Waals surface area contributed by atoms with Crippen molar-refractivity contribution in [3.63, 3.8) is 0 Å². The summed E-state index contributed by atoms with van der Waals surface area (Å²) >= 11 is 5.69. The predicted octanol–water partition coefficient (Wildman–Crippen LogP) is 4.67. The van der Waals surface area contributed by atoms with E-state index in [9.17, 15) is 0 Å². The average molecular weight is 302 g/mol. The van der Waals surface area contributed by atoms with Crippen LogP contribution >= 0.6 is 12.2 Å². The van der Waals surface area contributed by atoms with Crippen molar-refractivity contribution in [3.8, 4) is 0 Å². The van der Waals surface area contributed by atoms with Gasteiger partial charge in [0.15, 0.2) is 5.11 Å². The van der Waals surface area contributed by atoms with E-state index in [0.29, 0.717) is 16.9 Å². The van der Waals surface area contributed by atoms with Crippen LogP contribution in [0.4, 0.5) is 5.69 Å². The molecule has 2 nitrogen and oxygen atoms in total. The van der Waals surface area contributed by atoms with Crippen molar-refractivity contribution in [1.82, 2.24) is 4.90 Å². The van der Waals surface area contributed by atoms with Gasteiger partial charge >= 0.3 is 0 Å². The van der Waals surface area contributed by atoms with Gasteiger partial charge in [-0.3, -0.25) is 0 Å². The van der Waals surface area contributed by atoms with Crippen LogP contribution in [0.15, 0.2) is 30.3 Å². The number of nitrogens with zero attached hydrogens (tertiary/aromatic N) is 1. The number of nitrogens with one attached hydrogen (secondary N) is 1. The number of anilines is 1. The number of thiocarbonyl (C=S) groups is 1. The summed E-state index contributed by atoms with van der Waals surface area (Å²) in [6.45, 7) is 8.38. The average Bonchev–Trinajstić information content (AvgIpc) is 2.37. The maximum absolute atomic E-state index is 5.69. The minimum atomic E-state index is 0.429. The van der Waals surface area contributed by atoms with Crippen LogP contribution in [-0.4, -0.2) is 22.6 Å². The number of benzene rings is 1. The number of fused-ring (bicyclic) bond motifs is 2. The Balaban J connectivity index is 1.73. The lowest BCUT2D eigenvalue weighted by molar-refractivity contribution is -0.00575. The summed E-state index contributed by atoms with van der Waals surface area (Å²) in [5.41, 5.74) is 2.02. The molecule has 1 aromatic rings. The highest BCUT2D eigenvalue weighted by atomic mass is 32.1. The first-order valence-electron chi connectivity index (χ1n) is 8.00. The van der Waals surface area contributed by atoms with E-state index in [1.54, 1.807) is 0 Å². The van der Waals surface area contributed by atoms with Gasteiger partial charge in [0.2, 0.25) is 0 Å². The Kier molecular flexibility index (Phi) is 3.73. The molecule has 1 saturated carbocycles. The summed E-state index contributed by atoms with van der Waals surface area (Å²) in [5, 5.41) is 4.31. The highest BCUT2D eigenvalue weighted by Crippen LogP contribution is 2.51. The summed E-state index contributed by atoms with van der Waals surface area (Å²) in [7, 11) is 0. The van der Waals surface area contributed by atoms with Crippen LogP contribution < -0.4 is 5.32 Å². The lowest BCUT2D eigenvalue weighted by Crippen LogP contribution is -2.55. The van der Waals surface area contributed by atoms with E-state index in [0.717, 1.165) is 17.3 Å². The van der Waals surface area contributed by atoms with E-state index in [1.807, 2.05) is 18.2 Å². The second-order valence-corrected chi connectivity index (χ2v) is 8.34. The molecule has 3 rings (SSSR count). The molecule has 1 aliphatic carbocycles. The SMILES string of the molecule is CC1(C)C[C@H]2C[C@](C)(CCN2C(=S)Nc2ccccc2)C1. The molecule has 1 aliphatic heterocycles. The zero-order valence-corrected chi connectivity index (χ0v) is 14.2. The molecule has 2 fully saturated rings. The fourth-order valence-corrected chi connectivity index (χ4v) is 4.90. The van der Waals surface area contributed by atoms with E-state index >= 15 is 0 Å². The molecule has 1 N–H and O–H groups in total. The molecule has 21 heavy (non-hydrogen) atoms. The van der Waals surface area contributed by atoms with E-state index < -0.39 is 0 Å². The minimum absolute atomic E-state index is 0.429. The monoisotopic (exact) mass is 302 g/mol. The van der Waals surface area contributed by atoms with Gasteiger partial charge in [0.1, 0.15) is 0 Å². The first-order valence-corrected chi connectivity index (χ1v) is 8.41. The molecule has 0 aromatic heterocycles. The first kappa shape index (κ1) is 14.8.